The van der Waals surface area contributed by atoms with Crippen molar-refractivity contribution in [2.75, 3.05) is 47.3 Å². The molecule has 0 aromatic rings. The van der Waals surface area contributed by atoms with Gasteiger partial charge in [-0.3, -0.25) is 9.69 Å². The molecule has 0 spiro atoms. The van der Waals surface area contributed by atoms with E-state index in [4.69, 9.17) is 0 Å². The van der Waals surface area contributed by atoms with E-state index in [1.54, 1.807) is 19.0 Å². The maximum atomic E-state index is 11.4. The summed E-state index contributed by atoms with van der Waals surface area (Å²) in [4.78, 5) is 14.9. The molecular formula is C10H21N3O2. The molecule has 1 saturated heterocycles. The number of likely N-dealkylation sites (N-methyl/N-ethyl adjacent to an activating group) is 2. The molecule has 1 fully saturated rings. The Morgan fingerprint density at radius 3 is 2.60 bits per heavy atom. The molecule has 1 rings (SSSR count). The van der Waals surface area contributed by atoms with Gasteiger partial charge >= 0.3 is 0 Å². The van der Waals surface area contributed by atoms with Crippen LogP contribution in [-0.2, 0) is 4.79 Å². The van der Waals surface area contributed by atoms with Gasteiger partial charge in [-0.1, -0.05) is 0 Å². The van der Waals surface area contributed by atoms with Gasteiger partial charge < -0.3 is 15.3 Å². The number of carbonyl (C=O) groups is 1. The van der Waals surface area contributed by atoms with Gasteiger partial charge in [-0.25, -0.2) is 0 Å². The first-order valence-electron chi connectivity index (χ1n) is 5.25. The molecule has 1 aliphatic rings. The predicted molar refractivity (Wildman–Crippen MR) is 58.6 cm³/mol. The molecule has 5 heteroatoms. The maximum absolute atomic E-state index is 11.4. The van der Waals surface area contributed by atoms with Crippen LogP contribution in [0, 0.1) is 0 Å². The zero-order valence-electron chi connectivity index (χ0n) is 9.79. The highest BCUT2D eigenvalue weighted by molar-refractivity contribution is 5.77. The highest BCUT2D eigenvalue weighted by atomic mass is 16.3. The molecule has 1 amide bonds. The largest absolute Gasteiger partial charge is 0.387 e. The van der Waals surface area contributed by atoms with Crippen LogP contribution in [0.15, 0.2) is 0 Å². The number of nitrogens with zero attached hydrogens (tertiary/aromatic N) is 2. The Bertz CT molecular complexity index is 225. The number of β-amino-alcohol motifs (C(OH)–C–C–N with tert-alkyl or cyclic N) is 1. The second-order valence-corrected chi connectivity index (χ2v) is 4.61. The minimum atomic E-state index is -0.665. The molecule has 15 heavy (non-hydrogen) atoms. The van der Waals surface area contributed by atoms with Crippen LogP contribution in [-0.4, -0.2) is 73.7 Å². The Balaban J connectivity index is 2.35. The van der Waals surface area contributed by atoms with Crippen molar-refractivity contribution in [3.8, 4) is 0 Å². The van der Waals surface area contributed by atoms with Crippen molar-refractivity contribution < 1.29 is 9.90 Å². The second kappa shape index (κ2) is 4.92. The van der Waals surface area contributed by atoms with Gasteiger partial charge in [-0.15, -0.1) is 0 Å². The summed E-state index contributed by atoms with van der Waals surface area (Å²) in [5.41, 5.74) is -0.665. The molecule has 1 aliphatic heterocycles. The van der Waals surface area contributed by atoms with Gasteiger partial charge in [-0.05, 0) is 20.0 Å². The lowest BCUT2D eigenvalue weighted by atomic mass is 10.0. The van der Waals surface area contributed by atoms with Gasteiger partial charge in [0.25, 0.3) is 0 Å². The van der Waals surface area contributed by atoms with Crippen molar-refractivity contribution >= 4 is 5.91 Å². The summed E-state index contributed by atoms with van der Waals surface area (Å²) in [7, 11) is 5.34. The van der Waals surface area contributed by atoms with Crippen LogP contribution in [0.3, 0.4) is 0 Å². The zero-order valence-corrected chi connectivity index (χ0v) is 9.79. The zero-order chi connectivity index (χ0) is 11.5. The quantitative estimate of drug-likeness (QED) is 0.614. The SMILES string of the molecule is CN(CC(=O)N(C)C)CC1(O)CCNC1. The summed E-state index contributed by atoms with van der Waals surface area (Å²) in [6.07, 6.45) is 0.757. The summed E-state index contributed by atoms with van der Waals surface area (Å²) in [6, 6.07) is 0. The number of hydrogen-bond donors (Lipinski definition) is 2. The molecule has 1 heterocycles. The van der Waals surface area contributed by atoms with Crippen LogP contribution in [0.5, 0.6) is 0 Å². The topological polar surface area (TPSA) is 55.8 Å². The fourth-order valence-electron chi connectivity index (χ4n) is 1.80. The van der Waals surface area contributed by atoms with Gasteiger partial charge in [0.05, 0.1) is 12.1 Å². The number of amides is 1. The fourth-order valence-corrected chi connectivity index (χ4v) is 1.80. The molecule has 0 aliphatic carbocycles. The van der Waals surface area contributed by atoms with Crippen molar-refractivity contribution in [1.29, 1.82) is 0 Å². The molecule has 5 nitrogen and oxygen atoms in total. The fraction of sp³-hybridized carbons (Fsp3) is 0.900. The number of nitrogens with one attached hydrogen (secondary N) is 1. The van der Waals surface area contributed by atoms with E-state index < -0.39 is 5.60 Å². The lowest BCUT2D eigenvalue weighted by Gasteiger charge is -2.28. The van der Waals surface area contributed by atoms with Crippen LogP contribution >= 0.6 is 0 Å². The van der Waals surface area contributed by atoms with Crippen molar-refractivity contribution in [2.24, 2.45) is 0 Å². The number of carbonyl (C=O) groups excluding carboxylic acids is 1. The monoisotopic (exact) mass is 215 g/mol. The van der Waals surface area contributed by atoms with E-state index in [-0.39, 0.29) is 5.91 Å². The minimum Gasteiger partial charge on any atom is -0.387 e. The average Bonchev–Trinajstić information content (AvgIpc) is 2.50. The van der Waals surface area contributed by atoms with E-state index in [0.717, 1.165) is 13.0 Å². The predicted octanol–water partition coefficient (Wildman–Crippen LogP) is -1.27. The van der Waals surface area contributed by atoms with E-state index in [1.807, 2.05) is 11.9 Å². The Labute approximate surface area is 91.0 Å². The number of rotatable bonds is 4. The van der Waals surface area contributed by atoms with Crippen LogP contribution in [0.4, 0.5) is 0 Å². The molecule has 0 radical (unpaired) electrons. The molecule has 0 aromatic heterocycles. The summed E-state index contributed by atoms with van der Waals surface area (Å²) < 4.78 is 0. The van der Waals surface area contributed by atoms with Gasteiger partial charge in [0, 0.05) is 27.2 Å². The molecule has 0 saturated carbocycles. The lowest BCUT2D eigenvalue weighted by Crippen LogP contribution is -2.46. The molecule has 1 unspecified atom stereocenters. The first-order chi connectivity index (χ1) is 6.93. The van der Waals surface area contributed by atoms with Crippen molar-refractivity contribution in [3.63, 3.8) is 0 Å². The minimum absolute atomic E-state index is 0.0621. The highest BCUT2D eigenvalue weighted by Gasteiger charge is 2.32. The second-order valence-electron chi connectivity index (χ2n) is 4.61. The number of aliphatic hydroxyl groups is 1. The van der Waals surface area contributed by atoms with E-state index in [0.29, 0.717) is 19.6 Å². The van der Waals surface area contributed by atoms with Crippen molar-refractivity contribution in [3.05, 3.63) is 0 Å². The Morgan fingerprint density at radius 2 is 2.13 bits per heavy atom. The highest BCUT2D eigenvalue weighted by Crippen LogP contribution is 2.14. The van der Waals surface area contributed by atoms with Gasteiger partial charge in [0.1, 0.15) is 0 Å². The molecule has 1 atom stereocenters. The van der Waals surface area contributed by atoms with E-state index >= 15 is 0 Å². The summed E-state index contributed by atoms with van der Waals surface area (Å²) >= 11 is 0. The summed E-state index contributed by atoms with van der Waals surface area (Å²) in [5, 5.41) is 13.2. The van der Waals surface area contributed by atoms with Crippen molar-refractivity contribution in [1.82, 2.24) is 15.1 Å². The Morgan fingerprint density at radius 1 is 1.47 bits per heavy atom. The standard InChI is InChI=1S/C10H21N3O2/c1-12(2)9(14)6-13(3)8-10(15)4-5-11-7-10/h11,15H,4-8H2,1-3H3. The van der Waals surface area contributed by atoms with Gasteiger partial charge in [-0.2, -0.15) is 0 Å². The molecule has 2 N–H and O–H groups in total. The third-order valence-corrected chi connectivity index (χ3v) is 2.69. The summed E-state index contributed by atoms with van der Waals surface area (Å²) in [5.74, 6) is 0.0621. The third kappa shape index (κ3) is 3.77. The molecule has 0 bridgehead atoms. The third-order valence-electron chi connectivity index (χ3n) is 2.69. The first-order valence-corrected chi connectivity index (χ1v) is 5.25. The molecule has 88 valence electrons. The van der Waals surface area contributed by atoms with Crippen molar-refractivity contribution in [2.45, 2.75) is 12.0 Å². The van der Waals surface area contributed by atoms with E-state index in [9.17, 15) is 9.90 Å². The van der Waals surface area contributed by atoms with Crippen LogP contribution in [0.1, 0.15) is 6.42 Å². The number of hydrogen-bond acceptors (Lipinski definition) is 4. The Hall–Kier alpha value is -0.650. The van der Waals surface area contributed by atoms with Crippen LogP contribution in [0.2, 0.25) is 0 Å². The molecular weight excluding hydrogens is 194 g/mol. The van der Waals surface area contributed by atoms with E-state index in [2.05, 4.69) is 5.32 Å². The molecule has 0 aromatic carbocycles. The normalized spacial score (nSPS) is 25.9. The lowest BCUT2D eigenvalue weighted by molar-refractivity contribution is -0.130. The van der Waals surface area contributed by atoms with Gasteiger partial charge in [0.2, 0.25) is 5.91 Å². The van der Waals surface area contributed by atoms with Gasteiger partial charge in [0.15, 0.2) is 0 Å². The average molecular weight is 215 g/mol. The maximum Gasteiger partial charge on any atom is 0.236 e. The smallest absolute Gasteiger partial charge is 0.236 e. The van der Waals surface area contributed by atoms with E-state index in [1.165, 1.54) is 0 Å². The summed E-state index contributed by atoms with van der Waals surface area (Å²) in [6.45, 7) is 2.37. The van der Waals surface area contributed by atoms with Crippen LogP contribution in [0.25, 0.3) is 0 Å². The Kier molecular flexibility index (Phi) is 4.07. The van der Waals surface area contributed by atoms with Crippen LogP contribution < -0.4 is 5.32 Å². The first kappa shape index (κ1) is 12.4.